The SMILES string of the molecule is COc1ccc(NC(=O)C(C)N(c2ccc(C)c(Cl)c2)S(C)(=O)=O)c(OC)c1. The van der Waals surface area contributed by atoms with E-state index in [1.54, 1.807) is 30.3 Å². The molecule has 152 valence electrons. The number of nitrogens with one attached hydrogen (secondary N) is 1. The van der Waals surface area contributed by atoms with Crippen molar-refractivity contribution in [1.29, 1.82) is 0 Å². The number of aryl methyl sites for hydroxylation is 1. The molecule has 1 amide bonds. The zero-order chi connectivity index (χ0) is 21.1. The fourth-order valence-electron chi connectivity index (χ4n) is 2.67. The first kappa shape index (κ1) is 21.8. The standard InChI is InChI=1S/C19H23ClN2O5S/c1-12-6-7-14(10-16(12)20)22(28(5,24)25)13(2)19(23)21-17-9-8-15(26-3)11-18(17)27-4/h6-11,13H,1-5H3,(H,21,23). The Balaban J connectivity index is 2.36. The summed E-state index contributed by atoms with van der Waals surface area (Å²) in [5, 5.41) is 3.11. The highest BCUT2D eigenvalue weighted by Crippen LogP contribution is 2.30. The maximum absolute atomic E-state index is 12.8. The molecule has 1 atom stereocenters. The Hall–Kier alpha value is -2.45. The lowest BCUT2D eigenvalue weighted by molar-refractivity contribution is -0.116. The van der Waals surface area contributed by atoms with Crippen LogP contribution >= 0.6 is 11.6 Å². The van der Waals surface area contributed by atoms with Crippen LogP contribution in [0.1, 0.15) is 12.5 Å². The molecule has 0 saturated heterocycles. The van der Waals surface area contributed by atoms with Crippen LogP contribution in [-0.4, -0.2) is 40.8 Å². The number of hydrogen-bond donors (Lipinski definition) is 1. The highest BCUT2D eigenvalue weighted by Gasteiger charge is 2.30. The number of ether oxygens (including phenoxy) is 2. The number of sulfonamides is 1. The molecule has 2 aromatic carbocycles. The van der Waals surface area contributed by atoms with E-state index in [1.165, 1.54) is 27.2 Å². The van der Waals surface area contributed by atoms with Gasteiger partial charge in [-0.3, -0.25) is 9.10 Å². The minimum absolute atomic E-state index is 0.308. The second-order valence-corrected chi connectivity index (χ2v) is 8.49. The minimum atomic E-state index is -3.75. The number of halogens is 1. The minimum Gasteiger partial charge on any atom is -0.497 e. The van der Waals surface area contributed by atoms with Crippen LogP contribution in [0.25, 0.3) is 0 Å². The highest BCUT2D eigenvalue weighted by atomic mass is 35.5. The third kappa shape index (κ3) is 4.88. The molecule has 2 rings (SSSR count). The summed E-state index contributed by atoms with van der Waals surface area (Å²) in [6.45, 7) is 3.31. The first-order valence-electron chi connectivity index (χ1n) is 8.37. The molecule has 0 fully saturated rings. The van der Waals surface area contributed by atoms with E-state index in [9.17, 15) is 13.2 Å². The van der Waals surface area contributed by atoms with E-state index in [0.717, 1.165) is 16.1 Å². The molecule has 0 saturated carbocycles. The Kier molecular flexibility index (Phi) is 6.79. The maximum atomic E-state index is 12.8. The monoisotopic (exact) mass is 426 g/mol. The van der Waals surface area contributed by atoms with Crippen molar-refractivity contribution >= 4 is 38.9 Å². The number of rotatable bonds is 7. The molecule has 0 aliphatic carbocycles. The van der Waals surface area contributed by atoms with Crippen LogP contribution in [0.4, 0.5) is 11.4 Å². The zero-order valence-electron chi connectivity index (χ0n) is 16.3. The van der Waals surface area contributed by atoms with Crippen molar-refractivity contribution in [2.45, 2.75) is 19.9 Å². The number of carbonyl (C=O) groups excluding carboxylic acids is 1. The third-order valence-electron chi connectivity index (χ3n) is 4.16. The van der Waals surface area contributed by atoms with Crippen LogP contribution in [0, 0.1) is 6.92 Å². The highest BCUT2D eigenvalue weighted by molar-refractivity contribution is 7.92. The Morgan fingerprint density at radius 3 is 2.36 bits per heavy atom. The van der Waals surface area contributed by atoms with E-state index in [-0.39, 0.29) is 0 Å². The molecule has 0 radical (unpaired) electrons. The van der Waals surface area contributed by atoms with Crippen molar-refractivity contribution < 1.29 is 22.7 Å². The van der Waals surface area contributed by atoms with Gasteiger partial charge in [0.15, 0.2) is 0 Å². The molecule has 9 heteroatoms. The van der Waals surface area contributed by atoms with Gasteiger partial charge in [0.2, 0.25) is 15.9 Å². The predicted octanol–water partition coefficient (Wildman–Crippen LogP) is 3.46. The molecule has 1 unspecified atom stereocenters. The Labute approximate surface area is 170 Å². The Bertz CT molecular complexity index is 978. The van der Waals surface area contributed by atoms with Crippen molar-refractivity contribution in [3.63, 3.8) is 0 Å². The van der Waals surface area contributed by atoms with Crippen molar-refractivity contribution in [2.24, 2.45) is 0 Å². The Morgan fingerprint density at radius 2 is 1.82 bits per heavy atom. The second-order valence-electron chi connectivity index (χ2n) is 6.22. The average Bonchev–Trinajstić information content (AvgIpc) is 2.63. The maximum Gasteiger partial charge on any atom is 0.248 e. The molecule has 7 nitrogen and oxygen atoms in total. The summed E-state index contributed by atoms with van der Waals surface area (Å²) in [6, 6.07) is 8.71. The van der Waals surface area contributed by atoms with Crippen molar-refractivity contribution in [2.75, 3.05) is 30.1 Å². The van der Waals surface area contributed by atoms with Gasteiger partial charge < -0.3 is 14.8 Å². The van der Waals surface area contributed by atoms with E-state index in [2.05, 4.69) is 5.32 Å². The van der Waals surface area contributed by atoms with Gasteiger partial charge in [0.1, 0.15) is 17.5 Å². The van der Waals surface area contributed by atoms with Gasteiger partial charge in [0.25, 0.3) is 0 Å². The normalized spacial score (nSPS) is 12.2. The van der Waals surface area contributed by atoms with E-state index >= 15 is 0 Å². The molecule has 1 N–H and O–H groups in total. The number of methoxy groups -OCH3 is 2. The van der Waals surface area contributed by atoms with Crippen molar-refractivity contribution in [3.05, 3.63) is 47.0 Å². The van der Waals surface area contributed by atoms with Crippen LogP contribution in [0.2, 0.25) is 5.02 Å². The van der Waals surface area contributed by atoms with Crippen LogP contribution in [0.15, 0.2) is 36.4 Å². The first-order chi connectivity index (χ1) is 13.1. The Morgan fingerprint density at radius 1 is 1.14 bits per heavy atom. The van der Waals surface area contributed by atoms with E-state index in [0.29, 0.717) is 27.9 Å². The molecule has 2 aromatic rings. The van der Waals surface area contributed by atoms with Gasteiger partial charge in [-0.1, -0.05) is 17.7 Å². The van der Waals surface area contributed by atoms with Crippen molar-refractivity contribution in [1.82, 2.24) is 0 Å². The largest absolute Gasteiger partial charge is 0.497 e. The third-order valence-corrected chi connectivity index (χ3v) is 5.81. The topological polar surface area (TPSA) is 84.9 Å². The number of anilines is 2. The molecule has 0 spiro atoms. The number of hydrogen-bond acceptors (Lipinski definition) is 5. The van der Waals surface area contributed by atoms with E-state index in [1.807, 2.05) is 6.92 Å². The number of amides is 1. The fourth-order valence-corrected chi connectivity index (χ4v) is 4.01. The summed E-state index contributed by atoms with van der Waals surface area (Å²) in [4.78, 5) is 12.8. The van der Waals surface area contributed by atoms with E-state index in [4.69, 9.17) is 21.1 Å². The van der Waals surface area contributed by atoms with Crippen LogP contribution in [-0.2, 0) is 14.8 Å². The van der Waals surface area contributed by atoms with Crippen LogP contribution in [0.3, 0.4) is 0 Å². The molecular weight excluding hydrogens is 404 g/mol. The smallest absolute Gasteiger partial charge is 0.248 e. The molecule has 0 bridgehead atoms. The van der Waals surface area contributed by atoms with Gasteiger partial charge in [-0.15, -0.1) is 0 Å². The summed E-state index contributed by atoms with van der Waals surface area (Å²) < 4.78 is 36.2. The van der Waals surface area contributed by atoms with Gasteiger partial charge in [-0.2, -0.15) is 0 Å². The number of benzene rings is 2. The molecule has 0 aliphatic rings. The van der Waals surface area contributed by atoms with Crippen LogP contribution < -0.4 is 19.1 Å². The lowest BCUT2D eigenvalue weighted by Crippen LogP contribution is -2.45. The molecular formula is C19H23ClN2O5S. The van der Waals surface area contributed by atoms with Crippen molar-refractivity contribution in [3.8, 4) is 11.5 Å². The number of nitrogens with zero attached hydrogens (tertiary/aromatic N) is 1. The summed E-state index contributed by atoms with van der Waals surface area (Å²) in [5.74, 6) is 0.435. The molecule has 0 aliphatic heterocycles. The quantitative estimate of drug-likeness (QED) is 0.732. The number of carbonyl (C=O) groups is 1. The van der Waals surface area contributed by atoms with Gasteiger partial charge >= 0.3 is 0 Å². The molecule has 28 heavy (non-hydrogen) atoms. The molecule has 0 heterocycles. The van der Waals surface area contributed by atoms with Gasteiger partial charge in [0, 0.05) is 11.1 Å². The fraction of sp³-hybridized carbons (Fsp3) is 0.316. The van der Waals surface area contributed by atoms with Crippen LogP contribution in [0.5, 0.6) is 11.5 Å². The predicted molar refractivity (Wildman–Crippen MR) is 111 cm³/mol. The summed E-state index contributed by atoms with van der Waals surface area (Å²) in [6.07, 6.45) is 1.04. The summed E-state index contributed by atoms with van der Waals surface area (Å²) in [5.41, 5.74) is 1.51. The molecule has 0 aromatic heterocycles. The summed E-state index contributed by atoms with van der Waals surface area (Å²) >= 11 is 6.14. The zero-order valence-corrected chi connectivity index (χ0v) is 17.9. The summed E-state index contributed by atoms with van der Waals surface area (Å²) in [7, 11) is -0.765. The van der Waals surface area contributed by atoms with E-state index < -0.39 is 22.0 Å². The second kappa shape index (κ2) is 8.70. The lowest BCUT2D eigenvalue weighted by Gasteiger charge is -2.28. The van der Waals surface area contributed by atoms with Gasteiger partial charge in [-0.05, 0) is 43.7 Å². The lowest BCUT2D eigenvalue weighted by atomic mass is 10.2. The average molecular weight is 427 g/mol. The van der Waals surface area contributed by atoms with Gasteiger partial charge in [-0.25, -0.2) is 8.42 Å². The van der Waals surface area contributed by atoms with Gasteiger partial charge in [0.05, 0.1) is 31.9 Å². The first-order valence-corrected chi connectivity index (χ1v) is 10.6.